The molecule has 2 aromatic rings. The lowest BCUT2D eigenvalue weighted by Crippen LogP contribution is -1.96. The summed E-state index contributed by atoms with van der Waals surface area (Å²) in [5.74, 6) is -0.132. The highest BCUT2D eigenvalue weighted by Crippen LogP contribution is 2.29. The van der Waals surface area contributed by atoms with E-state index in [2.05, 4.69) is 0 Å². The minimum Gasteiger partial charge on any atom is -0.491 e. The summed E-state index contributed by atoms with van der Waals surface area (Å²) < 4.78 is 19.3. The van der Waals surface area contributed by atoms with Crippen molar-refractivity contribution in [3.8, 4) is 16.9 Å². The molecule has 18 heavy (non-hydrogen) atoms. The third kappa shape index (κ3) is 2.40. The second-order valence-corrected chi connectivity index (χ2v) is 3.79. The maximum atomic E-state index is 14.1. The second-order valence-electron chi connectivity index (χ2n) is 3.79. The molecule has 0 unspecified atom stereocenters. The predicted molar refractivity (Wildman–Crippen MR) is 68.4 cm³/mol. The van der Waals surface area contributed by atoms with Gasteiger partial charge in [0.15, 0.2) is 11.6 Å². The molecular formula is C15H13FO2. The lowest BCUT2D eigenvalue weighted by Gasteiger charge is -2.09. The molecule has 0 spiro atoms. The monoisotopic (exact) mass is 244 g/mol. The smallest absolute Gasteiger partial charge is 0.172 e. The van der Waals surface area contributed by atoms with Gasteiger partial charge >= 0.3 is 0 Å². The number of carbonyl (C=O) groups excluding carboxylic acids is 1. The molecule has 0 bridgehead atoms. The highest BCUT2D eigenvalue weighted by Gasteiger charge is 2.10. The Morgan fingerprint density at radius 3 is 2.50 bits per heavy atom. The van der Waals surface area contributed by atoms with Gasteiger partial charge in [-0.15, -0.1) is 0 Å². The molecule has 0 heterocycles. The quantitative estimate of drug-likeness (QED) is 0.766. The Hall–Kier alpha value is -2.16. The van der Waals surface area contributed by atoms with E-state index in [-0.39, 0.29) is 11.6 Å². The Balaban J connectivity index is 2.43. The van der Waals surface area contributed by atoms with Crippen molar-refractivity contribution in [2.45, 2.75) is 6.92 Å². The van der Waals surface area contributed by atoms with Crippen LogP contribution in [-0.4, -0.2) is 12.9 Å². The summed E-state index contributed by atoms with van der Waals surface area (Å²) >= 11 is 0. The maximum absolute atomic E-state index is 14.1. The van der Waals surface area contributed by atoms with Crippen LogP contribution in [0.2, 0.25) is 0 Å². The molecule has 92 valence electrons. The zero-order valence-electron chi connectivity index (χ0n) is 10.0. The van der Waals surface area contributed by atoms with Crippen LogP contribution in [0.3, 0.4) is 0 Å². The number of rotatable bonds is 4. The minimum absolute atomic E-state index is 0.245. The summed E-state index contributed by atoms with van der Waals surface area (Å²) in [6, 6.07) is 11.8. The molecule has 2 nitrogen and oxygen atoms in total. The van der Waals surface area contributed by atoms with Crippen molar-refractivity contribution in [3.63, 3.8) is 0 Å². The summed E-state index contributed by atoms with van der Waals surface area (Å²) in [5.41, 5.74) is 1.76. The molecule has 0 atom stereocenters. The molecule has 3 heteroatoms. The molecule has 0 aliphatic rings. The summed E-state index contributed by atoms with van der Waals surface area (Å²) in [6.07, 6.45) is 0.761. The molecule has 0 aliphatic carbocycles. The van der Waals surface area contributed by atoms with Crippen molar-refractivity contribution in [1.29, 1.82) is 0 Å². The van der Waals surface area contributed by atoms with Crippen LogP contribution in [0.4, 0.5) is 4.39 Å². The molecule has 0 aromatic heterocycles. The van der Waals surface area contributed by atoms with E-state index in [0.717, 1.165) is 11.8 Å². The molecule has 2 rings (SSSR count). The predicted octanol–water partition coefficient (Wildman–Crippen LogP) is 3.70. The van der Waals surface area contributed by atoms with Crippen molar-refractivity contribution in [3.05, 3.63) is 53.8 Å². The molecule has 2 aromatic carbocycles. The van der Waals surface area contributed by atoms with Gasteiger partial charge in [-0.3, -0.25) is 4.79 Å². The van der Waals surface area contributed by atoms with Gasteiger partial charge in [-0.2, -0.15) is 0 Å². The van der Waals surface area contributed by atoms with E-state index in [1.807, 2.05) is 6.92 Å². The van der Waals surface area contributed by atoms with Crippen LogP contribution in [0.25, 0.3) is 11.1 Å². The largest absolute Gasteiger partial charge is 0.491 e. The normalized spacial score (nSPS) is 10.1. The zero-order chi connectivity index (χ0) is 13.0. The van der Waals surface area contributed by atoms with Gasteiger partial charge in [-0.25, -0.2) is 4.39 Å². The van der Waals surface area contributed by atoms with Gasteiger partial charge in [0.1, 0.15) is 6.29 Å². The van der Waals surface area contributed by atoms with Crippen LogP contribution in [0, 0.1) is 5.82 Å². The van der Waals surface area contributed by atoms with E-state index in [0.29, 0.717) is 17.7 Å². The van der Waals surface area contributed by atoms with E-state index in [9.17, 15) is 9.18 Å². The fourth-order valence-electron chi connectivity index (χ4n) is 1.74. The number of aldehydes is 1. The molecule has 0 radical (unpaired) electrons. The first-order chi connectivity index (χ1) is 8.76. The summed E-state index contributed by atoms with van der Waals surface area (Å²) in [6.45, 7) is 2.23. The molecular weight excluding hydrogens is 231 g/mol. The lowest BCUT2D eigenvalue weighted by molar-refractivity contribution is 0.112. The van der Waals surface area contributed by atoms with Crippen molar-refractivity contribution in [2.75, 3.05) is 6.61 Å². The van der Waals surface area contributed by atoms with E-state index in [1.54, 1.807) is 42.5 Å². The van der Waals surface area contributed by atoms with Crippen LogP contribution < -0.4 is 4.74 Å². The van der Waals surface area contributed by atoms with Crippen molar-refractivity contribution >= 4 is 6.29 Å². The topological polar surface area (TPSA) is 26.3 Å². The Kier molecular flexibility index (Phi) is 3.72. The first-order valence-corrected chi connectivity index (χ1v) is 5.73. The number of carbonyl (C=O) groups is 1. The standard InChI is InChI=1S/C15H13FO2/c1-2-18-14-5-3-4-13(15(14)16)12-8-6-11(10-17)7-9-12/h3-10H,2H2,1H3. The van der Waals surface area contributed by atoms with Crippen LogP contribution in [0.15, 0.2) is 42.5 Å². The van der Waals surface area contributed by atoms with Gasteiger partial charge < -0.3 is 4.74 Å². The maximum Gasteiger partial charge on any atom is 0.172 e. The number of benzene rings is 2. The van der Waals surface area contributed by atoms with Gasteiger partial charge in [0.25, 0.3) is 0 Å². The Labute approximate surface area is 105 Å². The molecule has 0 amide bonds. The number of halogens is 1. The van der Waals surface area contributed by atoms with Crippen molar-refractivity contribution in [2.24, 2.45) is 0 Å². The highest BCUT2D eigenvalue weighted by molar-refractivity contribution is 5.77. The van der Waals surface area contributed by atoms with Crippen LogP contribution in [0.1, 0.15) is 17.3 Å². The van der Waals surface area contributed by atoms with Gasteiger partial charge in [-0.1, -0.05) is 36.4 Å². The van der Waals surface area contributed by atoms with Crippen LogP contribution in [-0.2, 0) is 0 Å². The Morgan fingerprint density at radius 2 is 1.89 bits per heavy atom. The fourth-order valence-corrected chi connectivity index (χ4v) is 1.74. The van der Waals surface area contributed by atoms with Gasteiger partial charge in [0.2, 0.25) is 0 Å². The fraction of sp³-hybridized carbons (Fsp3) is 0.133. The molecule has 0 aliphatic heterocycles. The number of hydrogen-bond donors (Lipinski definition) is 0. The average molecular weight is 244 g/mol. The van der Waals surface area contributed by atoms with Gasteiger partial charge in [0, 0.05) is 11.1 Å². The SMILES string of the molecule is CCOc1cccc(-c2ccc(C=O)cc2)c1F. The number of hydrogen-bond acceptors (Lipinski definition) is 2. The van der Waals surface area contributed by atoms with E-state index >= 15 is 0 Å². The Morgan fingerprint density at radius 1 is 1.17 bits per heavy atom. The summed E-state index contributed by atoms with van der Waals surface area (Å²) in [5, 5.41) is 0. The molecule has 0 N–H and O–H groups in total. The lowest BCUT2D eigenvalue weighted by atomic mass is 10.0. The average Bonchev–Trinajstić information content (AvgIpc) is 2.42. The van der Waals surface area contributed by atoms with Crippen molar-refractivity contribution < 1.29 is 13.9 Å². The van der Waals surface area contributed by atoms with Crippen LogP contribution >= 0.6 is 0 Å². The Bertz CT molecular complexity index is 547. The second kappa shape index (κ2) is 5.45. The summed E-state index contributed by atoms with van der Waals surface area (Å²) in [4.78, 5) is 10.6. The molecule has 0 saturated heterocycles. The van der Waals surface area contributed by atoms with Gasteiger partial charge in [-0.05, 0) is 18.6 Å². The third-order valence-electron chi connectivity index (χ3n) is 2.62. The van der Waals surface area contributed by atoms with E-state index < -0.39 is 0 Å². The van der Waals surface area contributed by atoms with Gasteiger partial charge in [0.05, 0.1) is 6.61 Å². The van der Waals surface area contributed by atoms with E-state index in [4.69, 9.17) is 4.74 Å². The van der Waals surface area contributed by atoms with Crippen LogP contribution in [0.5, 0.6) is 5.75 Å². The molecule has 0 saturated carbocycles. The highest BCUT2D eigenvalue weighted by atomic mass is 19.1. The minimum atomic E-state index is -0.377. The first-order valence-electron chi connectivity index (χ1n) is 5.73. The zero-order valence-corrected chi connectivity index (χ0v) is 10.0. The van der Waals surface area contributed by atoms with E-state index in [1.165, 1.54) is 0 Å². The summed E-state index contributed by atoms with van der Waals surface area (Å²) in [7, 11) is 0. The number of ether oxygens (including phenoxy) is 1. The van der Waals surface area contributed by atoms with Crippen molar-refractivity contribution in [1.82, 2.24) is 0 Å². The third-order valence-corrected chi connectivity index (χ3v) is 2.62. The molecule has 0 fully saturated rings. The first kappa shape index (κ1) is 12.3.